The Bertz CT molecular complexity index is 690. The van der Waals surface area contributed by atoms with Gasteiger partial charge < -0.3 is 20.7 Å². The number of benzene rings is 1. The summed E-state index contributed by atoms with van der Waals surface area (Å²) in [6.07, 6.45) is 5.47. The van der Waals surface area contributed by atoms with Gasteiger partial charge in [-0.3, -0.25) is 14.4 Å². The molecule has 1 aromatic rings. The maximum Gasteiger partial charge on any atom is 0.253 e. The van der Waals surface area contributed by atoms with Crippen LogP contribution in [0.15, 0.2) is 24.3 Å². The first-order chi connectivity index (χ1) is 13.0. The molecule has 1 unspecified atom stereocenters. The molecule has 1 heterocycles. The number of carbonyl (C=O) groups excluding carboxylic acids is 3. The Morgan fingerprint density at radius 1 is 0.963 bits per heavy atom. The number of ether oxygens (including phenoxy) is 1. The highest BCUT2D eigenvalue weighted by Crippen LogP contribution is 2.30. The highest BCUT2D eigenvalue weighted by atomic mass is 16.5. The largest absolute Gasteiger partial charge is 0.368 e. The third-order valence-electron chi connectivity index (χ3n) is 5.19. The summed E-state index contributed by atoms with van der Waals surface area (Å²) >= 11 is 0. The van der Waals surface area contributed by atoms with Crippen molar-refractivity contribution in [2.45, 2.75) is 63.5 Å². The van der Waals surface area contributed by atoms with Crippen LogP contribution < -0.4 is 16.0 Å². The van der Waals surface area contributed by atoms with Crippen molar-refractivity contribution in [2.75, 3.05) is 17.2 Å². The van der Waals surface area contributed by atoms with Crippen molar-refractivity contribution in [1.29, 1.82) is 0 Å². The van der Waals surface area contributed by atoms with E-state index in [1.54, 1.807) is 24.3 Å². The van der Waals surface area contributed by atoms with Gasteiger partial charge in [0.05, 0.1) is 0 Å². The minimum absolute atomic E-state index is 0.142. The van der Waals surface area contributed by atoms with Crippen molar-refractivity contribution in [3.63, 3.8) is 0 Å². The Morgan fingerprint density at radius 3 is 2.15 bits per heavy atom. The maximum absolute atomic E-state index is 12.8. The highest BCUT2D eigenvalue weighted by molar-refractivity contribution is 6.00. The average Bonchev–Trinajstić information content (AvgIpc) is 3.18. The first-order valence-corrected chi connectivity index (χ1v) is 9.61. The smallest absolute Gasteiger partial charge is 0.253 e. The Labute approximate surface area is 159 Å². The molecule has 1 aliphatic heterocycles. The summed E-state index contributed by atoms with van der Waals surface area (Å²) in [6, 6.07) is 6.98. The van der Waals surface area contributed by atoms with Crippen molar-refractivity contribution < 1.29 is 19.1 Å². The molecule has 1 aromatic carbocycles. The summed E-state index contributed by atoms with van der Waals surface area (Å²) in [7, 11) is 0. The molecule has 0 radical (unpaired) electrons. The van der Waals surface area contributed by atoms with E-state index in [-0.39, 0.29) is 23.8 Å². The van der Waals surface area contributed by atoms with Gasteiger partial charge in [0.1, 0.15) is 11.6 Å². The fourth-order valence-corrected chi connectivity index (χ4v) is 3.80. The van der Waals surface area contributed by atoms with Gasteiger partial charge in [0, 0.05) is 24.9 Å². The third-order valence-corrected chi connectivity index (χ3v) is 5.19. The molecule has 3 N–H and O–H groups in total. The summed E-state index contributed by atoms with van der Waals surface area (Å²) in [5, 5.41) is 8.59. The predicted molar refractivity (Wildman–Crippen MR) is 102 cm³/mol. The highest BCUT2D eigenvalue weighted by Gasteiger charge is 2.40. The lowest BCUT2D eigenvalue weighted by Crippen LogP contribution is -2.57. The van der Waals surface area contributed by atoms with E-state index in [9.17, 15) is 14.4 Å². The summed E-state index contributed by atoms with van der Waals surface area (Å²) in [4.78, 5) is 36.5. The lowest BCUT2D eigenvalue weighted by atomic mass is 9.80. The first kappa shape index (κ1) is 19.4. The quantitative estimate of drug-likeness (QED) is 0.739. The van der Waals surface area contributed by atoms with Gasteiger partial charge >= 0.3 is 0 Å². The number of nitrogens with one attached hydrogen (secondary N) is 3. The molecule has 0 bridgehead atoms. The Balaban J connectivity index is 1.61. The van der Waals surface area contributed by atoms with Gasteiger partial charge in [0.15, 0.2) is 0 Å². The van der Waals surface area contributed by atoms with Crippen LogP contribution >= 0.6 is 0 Å². The summed E-state index contributed by atoms with van der Waals surface area (Å²) in [6.45, 7) is 2.06. The van der Waals surface area contributed by atoms with Gasteiger partial charge in [-0.05, 0) is 49.9 Å². The minimum atomic E-state index is -0.837. The SMILES string of the molecule is CC(=O)NC1(C(=O)Nc2ccc(NC(=O)C3CCCO3)cc2)CCCCC1. The van der Waals surface area contributed by atoms with E-state index in [1.165, 1.54) is 6.92 Å². The van der Waals surface area contributed by atoms with Gasteiger partial charge in [0.2, 0.25) is 11.8 Å². The third kappa shape index (κ3) is 4.86. The van der Waals surface area contributed by atoms with Crippen LogP contribution in [0.25, 0.3) is 0 Å². The van der Waals surface area contributed by atoms with Gasteiger partial charge in [-0.25, -0.2) is 0 Å². The van der Waals surface area contributed by atoms with Crippen molar-refractivity contribution in [1.82, 2.24) is 5.32 Å². The molecule has 146 valence electrons. The molecule has 3 amide bonds. The van der Waals surface area contributed by atoms with Crippen molar-refractivity contribution in [3.05, 3.63) is 24.3 Å². The van der Waals surface area contributed by atoms with Crippen LogP contribution in [0.4, 0.5) is 11.4 Å². The van der Waals surface area contributed by atoms with Gasteiger partial charge in [-0.15, -0.1) is 0 Å². The molecule has 1 saturated carbocycles. The van der Waals surface area contributed by atoms with Crippen LogP contribution in [0.1, 0.15) is 51.9 Å². The lowest BCUT2D eigenvalue weighted by Gasteiger charge is -2.36. The molecule has 0 aromatic heterocycles. The minimum Gasteiger partial charge on any atom is -0.368 e. The van der Waals surface area contributed by atoms with E-state index in [2.05, 4.69) is 16.0 Å². The van der Waals surface area contributed by atoms with Crippen LogP contribution in [0.5, 0.6) is 0 Å². The van der Waals surface area contributed by atoms with Gasteiger partial charge in [-0.1, -0.05) is 19.3 Å². The number of amides is 3. The van der Waals surface area contributed by atoms with Gasteiger partial charge in [0.25, 0.3) is 5.91 Å². The maximum atomic E-state index is 12.8. The number of anilines is 2. The molecule has 0 spiro atoms. The van der Waals surface area contributed by atoms with E-state index in [1.807, 2.05) is 0 Å². The Kier molecular flexibility index (Phi) is 6.11. The Morgan fingerprint density at radius 2 is 1.59 bits per heavy atom. The van der Waals surface area contributed by atoms with E-state index >= 15 is 0 Å². The average molecular weight is 373 g/mol. The molecule has 1 aliphatic carbocycles. The van der Waals surface area contributed by atoms with Crippen molar-refractivity contribution in [3.8, 4) is 0 Å². The van der Waals surface area contributed by atoms with Crippen LogP contribution in [0, 0.1) is 0 Å². The molecule has 7 nitrogen and oxygen atoms in total. The molecule has 2 fully saturated rings. The zero-order valence-electron chi connectivity index (χ0n) is 15.7. The zero-order chi connectivity index (χ0) is 19.3. The van der Waals surface area contributed by atoms with E-state index in [0.717, 1.165) is 32.1 Å². The zero-order valence-corrected chi connectivity index (χ0v) is 15.7. The predicted octanol–water partition coefficient (Wildman–Crippen LogP) is 2.58. The molecule has 7 heteroatoms. The van der Waals surface area contributed by atoms with E-state index in [4.69, 9.17) is 4.74 Å². The molecule has 1 atom stereocenters. The fraction of sp³-hybridized carbons (Fsp3) is 0.550. The molecule has 1 saturated heterocycles. The van der Waals surface area contributed by atoms with Crippen LogP contribution in [0.3, 0.4) is 0 Å². The van der Waals surface area contributed by atoms with E-state index < -0.39 is 5.54 Å². The lowest BCUT2D eigenvalue weighted by molar-refractivity contribution is -0.130. The number of rotatable bonds is 5. The van der Waals surface area contributed by atoms with Crippen molar-refractivity contribution in [2.24, 2.45) is 0 Å². The molecule has 3 rings (SSSR count). The van der Waals surface area contributed by atoms with Crippen molar-refractivity contribution >= 4 is 29.1 Å². The molecular formula is C20H27N3O4. The second-order valence-electron chi connectivity index (χ2n) is 7.35. The number of hydrogen-bond acceptors (Lipinski definition) is 4. The summed E-state index contributed by atoms with van der Waals surface area (Å²) in [5.74, 6) is -0.524. The van der Waals surface area contributed by atoms with Gasteiger partial charge in [-0.2, -0.15) is 0 Å². The summed E-state index contributed by atoms with van der Waals surface area (Å²) in [5.41, 5.74) is 0.449. The van der Waals surface area contributed by atoms with Crippen LogP contribution in [-0.4, -0.2) is 36.0 Å². The number of carbonyl (C=O) groups is 3. The second-order valence-corrected chi connectivity index (χ2v) is 7.35. The monoisotopic (exact) mass is 373 g/mol. The Hall–Kier alpha value is -2.41. The fourth-order valence-electron chi connectivity index (χ4n) is 3.80. The number of hydrogen-bond donors (Lipinski definition) is 3. The molecular weight excluding hydrogens is 346 g/mol. The normalized spacial score (nSPS) is 21.3. The molecule has 2 aliphatic rings. The van der Waals surface area contributed by atoms with E-state index in [0.29, 0.717) is 30.8 Å². The first-order valence-electron chi connectivity index (χ1n) is 9.61. The topological polar surface area (TPSA) is 96.5 Å². The second kappa shape index (κ2) is 8.52. The summed E-state index contributed by atoms with van der Waals surface area (Å²) < 4.78 is 5.37. The molecule has 27 heavy (non-hydrogen) atoms. The van der Waals surface area contributed by atoms with Crippen LogP contribution in [-0.2, 0) is 19.1 Å². The standard InChI is InChI=1S/C20H27N3O4/c1-14(24)23-20(11-3-2-4-12-20)19(26)22-16-9-7-15(8-10-16)21-18(25)17-6-5-13-27-17/h7-10,17H,2-6,11-13H2,1H3,(H,21,25)(H,22,26)(H,23,24). The van der Waals surface area contributed by atoms with Crippen LogP contribution in [0.2, 0.25) is 0 Å².